The molecule has 3 atom stereocenters. The summed E-state index contributed by atoms with van der Waals surface area (Å²) in [6.07, 6.45) is 2.64. The molecule has 2 fully saturated rings. The molecule has 33 heavy (non-hydrogen) atoms. The van der Waals surface area contributed by atoms with Gasteiger partial charge in [0, 0.05) is 37.0 Å². The zero-order chi connectivity index (χ0) is 23.2. The fourth-order valence-corrected chi connectivity index (χ4v) is 5.71. The fourth-order valence-electron chi connectivity index (χ4n) is 5.01. The second-order valence-corrected chi connectivity index (χ2v) is 10.0. The highest BCUT2D eigenvalue weighted by atomic mass is 32.1. The second-order valence-electron chi connectivity index (χ2n) is 8.97. The quantitative estimate of drug-likeness (QED) is 0.606. The van der Waals surface area contributed by atoms with Crippen LogP contribution in [-0.4, -0.2) is 60.4 Å². The number of nitrogens with zero attached hydrogens (tertiary/aromatic N) is 2. The number of likely N-dealkylation sites (tertiary alicyclic amines) is 2. The predicted octanol–water partition coefficient (Wildman–Crippen LogP) is 3.72. The average Bonchev–Trinajstić information content (AvgIpc) is 3.37. The Morgan fingerprint density at radius 3 is 2.52 bits per heavy atom. The molecule has 0 aliphatic carbocycles. The van der Waals surface area contributed by atoms with Gasteiger partial charge in [-0.1, -0.05) is 36.4 Å². The van der Waals surface area contributed by atoms with Crippen molar-refractivity contribution in [2.24, 2.45) is 11.8 Å². The molecule has 0 spiro atoms. The number of thiophene rings is 1. The summed E-state index contributed by atoms with van der Waals surface area (Å²) in [5.41, 5.74) is 1.16. The molecule has 4 rings (SSSR count). The number of rotatable bonds is 6. The summed E-state index contributed by atoms with van der Waals surface area (Å²) >= 11 is 1.58. The first-order valence-corrected chi connectivity index (χ1v) is 12.7. The van der Waals surface area contributed by atoms with Crippen molar-refractivity contribution in [2.75, 3.05) is 32.8 Å². The minimum atomic E-state index is -0.266. The van der Waals surface area contributed by atoms with Crippen LogP contribution in [0.5, 0.6) is 0 Å². The molecular formula is C26H32N2O4S. The Hall–Kier alpha value is -2.67. The minimum Gasteiger partial charge on any atom is -0.466 e. The number of amides is 2. The molecular weight excluding hydrogens is 436 g/mol. The van der Waals surface area contributed by atoms with Gasteiger partial charge in [-0.3, -0.25) is 14.4 Å². The normalized spacial score (nSPS) is 23.2. The van der Waals surface area contributed by atoms with Crippen molar-refractivity contribution in [3.8, 4) is 0 Å². The van der Waals surface area contributed by atoms with E-state index in [9.17, 15) is 14.4 Å². The van der Waals surface area contributed by atoms with Crippen molar-refractivity contribution < 1.29 is 19.1 Å². The molecule has 0 radical (unpaired) electrons. The number of carbonyl (C=O) groups is 3. The number of carbonyl (C=O) groups excluding carboxylic acids is 3. The van der Waals surface area contributed by atoms with E-state index in [1.165, 1.54) is 0 Å². The zero-order valence-corrected chi connectivity index (χ0v) is 20.0. The summed E-state index contributed by atoms with van der Waals surface area (Å²) in [5.74, 6) is -0.497. The first-order chi connectivity index (χ1) is 16.0. The van der Waals surface area contributed by atoms with Crippen LogP contribution < -0.4 is 0 Å². The lowest BCUT2D eigenvalue weighted by Crippen LogP contribution is -2.51. The zero-order valence-electron chi connectivity index (χ0n) is 19.2. The van der Waals surface area contributed by atoms with Crippen LogP contribution in [0.25, 0.3) is 0 Å². The average molecular weight is 469 g/mol. The van der Waals surface area contributed by atoms with E-state index in [4.69, 9.17) is 4.74 Å². The van der Waals surface area contributed by atoms with Crippen molar-refractivity contribution in [2.45, 2.75) is 38.5 Å². The molecule has 176 valence electrons. The summed E-state index contributed by atoms with van der Waals surface area (Å²) in [6.45, 7) is 4.29. The molecule has 0 unspecified atom stereocenters. The molecule has 2 aromatic rings. The number of esters is 1. The van der Waals surface area contributed by atoms with E-state index in [0.29, 0.717) is 45.6 Å². The molecule has 0 saturated carbocycles. The van der Waals surface area contributed by atoms with E-state index < -0.39 is 0 Å². The van der Waals surface area contributed by atoms with Crippen molar-refractivity contribution in [3.63, 3.8) is 0 Å². The van der Waals surface area contributed by atoms with Gasteiger partial charge < -0.3 is 14.5 Å². The first-order valence-electron chi connectivity index (χ1n) is 11.9. The third-order valence-corrected chi connectivity index (χ3v) is 7.56. The molecule has 1 aromatic carbocycles. The minimum absolute atomic E-state index is 0.0542. The summed E-state index contributed by atoms with van der Waals surface area (Å²) in [4.78, 5) is 43.7. The summed E-state index contributed by atoms with van der Waals surface area (Å²) in [7, 11) is 0. The lowest BCUT2D eigenvalue weighted by molar-refractivity contribution is -0.152. The molecule has 2 aliphatic heterocycles. The van der Waals surface area contributed by atoms with Crippen molar-refractivity contribution >= 4 is 29.1 Å². The van der Waals surface area contributed by atoms with Gasteiger partial charge in [0.25, 0.3) is 0 Å². The molecule has 0 bridgehead atoms. The van der Waals surface area contributed by atoms with Gasteiger partial charge in [-0.25, -0.2) is 0 Å². The predicted molar refractivity (Wildman–Crippen MR) is 128 cm³/mol. The van der Waals surface area contributed by atoms with Crippen LogP contribution in [0, 0.1) is 11.8 Å². The van der Waals surface area contributed by atoms with Gasteiger partial charge in [0.1, 0.15) is 0 Å². The summed E-state index contributed by atoms with van der Waals surface area (Å²) in [6, 6.07) is 14.1. The summed E-state index contributed by atoms with van der Waals surface area (Å²) in [5, 5.41) is 1.98. The Balaban J connectivity index is 1.49. The smallest absolute Gasteiger partial charge is 0.310 e. The molecule has 7 heteroatoms. The van der Waals surface area contributed by atoms with Gasteiger partial charge >= 0.3 is 5.97 Å². The van der Waals surface area contributed by atoms with E-state index >= 15 is 0 Å². The SMILES string of the molecule is CCOC(=O)[C@@H]1CCCN(C(=O)[C@@H]2C[C@@H](c3ccccc3)CN(C(=O)Cc3cccs3)C2)C1. The van der Waals surface area contributed by atoms with Crippen molar-refractivity contribution in [3.05, 3.63) is 58.3 Å². The van der Waals surface area contributed by atoms with Crippen LogP contribution in [-0.2, 0) is 25.5 Å². The van der Waals surface area contributed by atoms with Crippen LogP contribution in [0.15, 0.2) is 47.8 Å². The Morgan fingerprint density at radius 1 is 1.00 bits per heavy atom. The lowest BCUT2D eigenvalue weighted by atomic mass is 9.83. The van der Waals surface area contributed by atoms with Gasteiger partial charge in [-0.05, 0) is 43.2 Å². The van der Waals surface area contributed by atoms with E-state index in [1.54, 1.807) is 18.3 Å². The van der Waals surface area contributed by atoms with E-state index in [1.807, 2.05) is 45.5 Å². The Labute approximate surface area is 199 Å². The van der Waals surface area contributed by atoms with Gasteiger partial charge in [-0.15, -0.1) is 11.3 Å². The van der Waals surface area contributed by atoms with Crippen LogP contribution >= 0.6 is 11.3 Å². The highest BCUT2D eigenvalue weighted by molar-refractivity contribution is 7.10. The lowest BCUT2D eigenvalue weighted by Gasteiger charge is -2.40. The second kappa shape index (κ2) is 11.0. The standard InChI is InChI=1S/C26H32N2O4S/c1-2-32-26(31)20-10-6-12-27(16-20)25(30)22-14-21(19-8-4-3-5-9-19)17-28(18-22)24(29)15-23-11-7-13-33-23/h3-5,7-9,11,13,20-22H,2,6,10,12,14-18H2,1H3/t20-,21-,22-/m1/s1. The number of hydrogen-bond donors (Lipinski definition) is 0. The van der Waals surface area contributed by atoms with Crippen LogP contribution in [0.4, 0.5) is 0 Å². The molecule has 0 N–H and O–H groups in total. The maximum atomic E-state index is 13.6. The highest BCUT2D eigenvalue weighted by Crippen LogP contribution is 2.33. The van der Waals surface area contributed by atoms with E-state index in [-0.39, 0.29) is 35.5 Å². The van der Waals surface area contributed by atoms with Gasteiger partial charge in [0.15, 0.2) is 0 Å². The van der Waals surface area contributed by atoms with Crippen molar-refractivity contribution in [1.82, 2.24) is 9.80 Å². The van der Waals surface area contributed by atoms with Gasteiger partial charge in [0.2, 0.25) is 11.8 Å². The third kappa shape index (κ3) is 5.82. The number of ether oxygens (including phenoxy) is 1. The molecule has 6 nitrogen and oxygen atoms in total. The number of piperidine rings is 2. The first kappa shape index (κ1) is 23.5. The van der Waals surface area contributed by atoms with Crippen LogP contribution in [0.1, 0.15) is 42.5 Å². The molecule has 2 amide bonds. The number of hydrogen-bond acceptors (Lipinski definition) is 5. The maximum Gasteiger partial charge on any atom is 0.310 e. The van der Waals surface area contributed by atoms with E-state index in [0.717, 1.165) is 23.3 Å². The van der Waals surface area contributed by atoms with Gasteiger partial charge in [0.05, 0.1) is 24.9 Å². The monoisotopic (exact) mass is 468 g/mol. The van der Waals surface area contributed by atoms with Crippen LogP contribution in [0.2, 0.25) is 0 Å². The third-order valence-electron chi connectivity index (χ3n) is 6.68. The summed E-state index contributed by atoms with van der Waals surface area (Å²) < 4.78 is 5.20. The van der Waals surface area contributed by atoms with Gasteiger partial charge in [-0.2, -0.15) is 0 Å². The maximum absolute atomic E-state index is 13.6. The molecule has 2 aliphatic rings. The highest BCUT2D eigenvalue weighted by Gasteiger charge is 2.38. The topological polar surface area (TPSA) is 66.9 Å². The molecule has 3 heterocycles. The number of benzene rings is 1. The largest absolute Gasteiger partial charge is 0.466 e. The fraction of sp³-hybridized carbons (Fsp3) is 0.500. The molecule has 2 saturated heterocycles. The van der Waals surface area contributed by atoms with Crippen molar-refractivity contribution in [1.29, 1.82) is 0 Å². The Bertz CT molecular complexity index is 946. The Morgan fingerprint density at radius 2 is 1.79 bits per heavy atom. The molecule has 1 aromatic heterocycles. The Kier molecular flexibility index (Phi) is 7.81. The van der Waals surface area contributed by atoms with E-state index in [2.05, 4.69) is 12.1 Å². The van der Waals surface area contributed by atoms with Crippen LogP contribution in [0.3, 0.4) is 0 Å².